The molecule has 3 aromatic rings. The van der Waals surface area contributed by atoms with Crippen LogP contribution in [0.1, 0.15) is 11.5 Å². The third kappa shape index (κ3) is 3.19. The van der Waals surface area contributed by atoms with E-state index in [1.54, 1.807) is 11.8 Å². The van der Waals surface area contributed by atoms with E-state index in [4.69, 9.17) is 22.1 Å². The van der Waals surface area contributed by atoms with E-state index in [0.29, 0.717) is 42.0 Å². The summed E-state index contributed by atoms with van der Waals surface area (Å²) in [6, 6.07) is 7.48. The number of nitrogens with one attached hydrogen (secondary N) is 1. The molecule has 0 saturated heterocycles. The molecule has 8 heteroatoms. The van der Waals surface area contributed by atoms with Crippen molar-refractivity contribution in [3.8, 4) is 5.69 Å². The fraction of sp³-hybridized carbons (Fsp3) is 0.312. The zero-order valence-corrected chi connectivity index (χ0v) is 14.3. The summed E-state index contributed by atoms with van der Waals surface area (Å²) < 4.78 is 6.95. The Morgan fingerprint density at radius 2 is 2.17 bits per heavy atom. The van der Waals surface area contributed by atoms with E-state index in [0.717, 1.165) is 16.8 Å². The van der Waals surface area contributed by atoms with E-state index in [-0.39, 0.29) is 0 Å². The van der Waals surface area contributed by atoms with Gasteiger partial charge in [-0.3, -0.25) is 0 Å². The normalized spacial score (nSPS) is 11.2. The van der Waals surface area contributed by atoms with Gasteiger partial charge in [-0.25, -0.2) is 14.6 Å². The third-order valence-corrected chi connectivity index (χ3v) is 3.75. The van der Waals surface area contributed by atoms with Crippen molar-refractivity contribution in [2.75, 3.05) is 25.5 Å². The topological polar surface area (TPSA) is 90.9 Å². The Labute approximate surface area is 144 Å². The Morgan fingerprint density at radius 3 is 2.88 bits per heavy atom. The lowest BCUT2D eigenvalue weighted by Gasteiger charge is -2.09. The van der Waals surface area contributed by atoms with Crippen molar-refractivity contribution >= 4 is 28.5 Å². The zero-order valence-electron chi connectivity index (χ0n) is 13.6. The molecule has 0 aliphatic rings. The van der Waals surface area contributed by atoms with Gasteiger partial charge in [0.15, 0.2) is 11.5 Å². The largest absolute Gasteiger partial charge is 0.377 e. The summed E-state index contributed by atoms with van der Waals surface area (Å²) in [5, 5.41) is 9.36. The van der Waals surface area contributed by atoms with E-state index in [1.807, 2.05) is 31.2 Å². The van der Waals surface area contributed by atoms with Crippen molar-refractivity contribution in [2.24, 2.45) is 5.73 Å². The van der Waals surface area contributed by atoms with Crippen LogP contribution in [0.3, 0.4) is 0 Å². The quantitative estimate of drug-likeness (QED) is 0.711. The van der Waals surface area contributed by atoms with Gasteiger partial charge in [0.1, 0.15) is 12.4 Å². The molecule has 2 heterocycles. The van der Waals surface area contributed by atoms with Gasteiger partial charge in [-0.15, -0.1) is 0 Å². The summed E-state index contributed by atoms with van der Waals surface area (Å²) >= 11 is 6.11. The van der Waals surface area contributed by atoms with Crippen LogP contribution in [0.5, 0.6) is 0 Å². The average molecular weight is 347 g/mol. The summed E-state index contributed by atoms with van der Waals surface area (Å²) in [5.41, 5.74) is 7.97. The van der Waals surface area contributed by atoms with Crippen LogP contribution in [0.2, 0.25) is 5.02 Å². The highest BCUT2D eigenvalue weighted by Crippen LogP contribution is 2.27. The molecule has 0 radical (unpaired) electrons. The first-order chi connectivity index (χ1) is 11.6. The lowest BCUT2D eigenvalue weighted by molar-refractivity contribution is 0.178. The number of ether oxygens (including phenoxy) is 1. The highest BCUT2D eigenvalue weighted by atomic mass is 35.5. The SMILES string of the molecule is COCc1nc(NCCN)c2c(C)nn(-c3cccc(Cl)c3)c2n1. The molecule has 0 unspecified atom stereocenters. The minimum absolute atomic E-state index is 0.313. The van der Waals surface area contributed by atoms with Crippen molar-refractivity contribution in [2.45, 2.75) is 13.5 Å². The van der Waals surface area contributed by atoms with E-state index in [9.17, 15) is 0 Å². The maximum absolute atomic E-state index is 6.11. The van der Waals surface area contributed by atoms with Crippen molar-refractivity contribution in [1.29, 1.82) is 0 Å². The van der Waals surface area contributed by atoms with Crippen LogP contribution in [-0.4, -0.2) is 39.9 Å². The molecule has 0 aliphatic heterocycles. The number of anilines is 1. The van der Waals surface area contributed by atoms with Gasteiger partial charge in [0.25, 0.3) is 0 Å². The minimum Gasteiger partial charge on any atom is -0.377 e. The number of hydrogen-bond donors (Lipinski definition) is 2. The molecule has 0 saturated carbocycles. The maximum atomic E-state index is 6.11. The number of methoxy groups -OCH3 is 1. The van der Waals surface area contributed by atoms with Gasteiger partial charge >= 0.3 is 0 Å². The third-order valence-electron chi connectivity index (χ3n) is 3.51. The van der Waals surface area contributed by atoms with Crippen molar-refractivity contribution in [3.05, 3.63) is 40.8 Å². The first kappa shape index (κ1) is 16.6. The molecule has 126 valence electrons. The summed E-state index contributed by atoms with van der Waals surface area (Å²) in [7, 11) is 1.61. The number of nitrogens with two attached hydrogens (primary N) is 1. The first-order valence-electron chi connectivity index (χ1n) is 7.59. The van der Waals surface area contributed by atoms with Crippen LogP contribution >= 0.6 is 11.6 Å². The zero-order chi connectivity index (χ0) is 17.1. The molecule has 0 amide bonds. The first-order valence-corrected chi connectivity index (χ1v) is 7.97. The molecule has 3 N–H and O–H groups in total. The Balaban J connectivity index is 2.22. The molecule has 2 aromatic heterocycles. The Morgan fingerprint density at radius 1 is 1.33 bits per heavy atom. The number of aromatic nitrogens is 4. The second kappa shape index (κ2) is 7.12. The highest BCUT2D eigenvalue weighted by Gasteiger charge is 2.17. The monoisotopic (exact) mass is 346 g/mol. The number of rotatable bonds is 6. The summed E-state index contributed by atoms with van der Waals surface area (Å²) in [6.07, 6.45) is 0. The van der Waals surface area contributed by atoms with E-state index in [1.165, 1.54) is 0 Å². The average Bonchev–Trinajstić information content (AvgIpc) is 2.90. The number of nitrogens with zero attached hydrogens (tertiary/aromatic N) is 4. The van der Waals surface area contributed by atoms with Crippen molar-refractivity contribution in [1.82, 2.24) is 19.7 Å². The molecule has 3 rings (SSSR count). The van der Waals surface area contributed by atoms with Crippen molar-refractivity contribution in [3.63, 3.8) is 0 Å². The van der Waals surface area contributed by atoms with Gasteiger partial charge in [-0.1, -0.05) is 17.7 Å². The van der Waals surface area contributed by atoms with Crippen LogP contribution in [0.15, 0.2) is 24.3 Å². The van der Waals surface area contributed by atoms with Crippen LogP contribution in [-0.2, 0) is 11.3 Å². The second-order valence-electron chi connectivity index (χ2n) is 5.31. The molecular weight excluding hydrogens is 328 g/mol. The van der Waals surface area contributed by atoms with Crippen LogP contribution in [0.25, 0.3) is 16.7 Å². The van der Waals surface area contributed by atoms with E-state index >= 15 is 0 Å². The maximum Gasteiger partial charge on any atom is 0.169 e. The number of aryl methyl sites for hydroxylation is 1. The number of benzene rings is 1. The Kier molecular flexibility index (Phi) is 4.94. The summed E-state index contributed by atoms with van der Waals surface area (Å²) in [5.74, 6) is 1.29. The van der Waals surface area contributed by atoms with Crippen LogP contribution < -0.4 is 11.1 Å². The van der Waals surface area contributed by atoms with Gasteiger partial charge < -0.3 is 15.8 Å². The molecule has 24 heavy (non-hydrogen) atoms. The van der Waals surface area contributed by atoms with Crippen LogP contribution in [0.4, 0.5) is 5.82 Å². The lowest BCUT2D eigenvalue weighted by atomic mass is 10.3. The molecule has 7 nitrogen and oxygen atoms in total. The molecular formula is C16H19ClN6O. The molecule has 0 aliphatic carbocycles. The number of hydrogen-bond acceptors (Lipinski definition) is 6. The van der Waals surface area contributed by atoms with Gasteiger partial charge in [0.05, 0.1) is 16.8 Å². The Bertz CT molecular complexity index is 863. The molecule has 0 fully saturated rings. The summed E-state index contributed by atoms with van der Waals surface area (Å²) in [6.45, 7) is 3.36. The van der Waals surface area contributed by atoms with Gasteiger partial charge in [0, 0.05) is 25.2 Å². The van der Waals surface area contributed by atoms with E-state index < -0.39 is 0 Å². The van der Waals surface area contributed by atoms with Gasteiger partial charge in [0.2, 0.25) is 0 Å². The molecule has 0 spiro atoms. The fourth-order valence-electron chi connectivity index (χ4n) is 2.53. The predicted molar refractivity (Wildman–Crippen MR) is 94.7 cm³/mol. The Hall–Kier alpha value is -2.22. The highest BCUT2D eigenvalue weighted by molar-refractivity contribution is 6.30. The van der Waals surface area contributed by atoms with Crippen LogP contribution in [0, 0.1) is 6.92 Å². The second-order valence-corrected chi connectivity index (χ2v) is 5.75. The molecule has 1 aromatic carbocycles. The fourth-order valence-corrected chi connectivity index (χ4v) is 2.71. The van der Waals surface area contributed by atoms with Gasteiger partial charge in [-0.05, 0) is 25.1 Å². The molecule has 0 atom stereocenters. The molecule has 0 bridgehead atoms. The predicted octanol–water partition coefficient (Wildman–Crippen LogP) is 2.29. The van der Waals surface area contributed by atoms with Gasteiger partial charge in [-0.2, -0.15) is 5.10 Å². The summed E-state index contributed by atoms with van der Waals surface area (Å²) in [4.78, 5) is 9.14. The smallest absolute Gasteiger partial charge is 0.169 e. The minimum atomic E-state index is 0.313. The number of fused-ring (bicyclic) bond motifs is 1. The standard InChI is InChI=1S/C16H19ClN6O/c1-10-14-15(19-7-6-18)20-13(9-24-2)21-16(14)23(22-10)12-5-3-4-11(17)8-12/h3-5,8H,6-7,9,18H2,1-2H3,(H,19,20,21). The lowest BCUT2D eigenvalue weighted by Crippen LogP contribution is -2.15. The van der Waals surface area contributed by atoms with E-state index in [2.05, 4.69) is 20.4 Å². The van der Waals surface area contributed by atoms with Crippen molar-refractivity contribution < 1.29 is 4.74 Å². The number of halogens is 1.